The minimum atomic E-state index is -4.44. The molecule has 7 heteroatoms. The van der Waals surface area contributed by atoms with E-state index in [1.54, 1.807) is 20.9 Å². The normalized spacial score (nSPS) is 11.8. The van der Waals surface area contributed by atoms with Crippen molar-refractivity contribution in [2.24, 2.45) is 7.05 Å². The maximum atomic E-state index is 12.9. The third kappa shape index (κ3) is 2.63. The molecule has 118 valence electrons. The topological polar surface area (TPSA) is 47.8 Å². The second-order valence-electron chi connectivity index (χ2n) is 5.29. The third-order valence-electron chi connectivity index (χ3n) is 3.55. The lowest BCUT2D eigenvalue weighted by Crippen LogP contribution is -2.10. The van der Waals surface area contributed by atoms with Crippen LogP contribution in [0.15, 0.2) is 6.07 Å². The average molecular weight is 311 g/mol. The van der Waals surface area contributed by atoms with Gasteiger partial charge in [-0.15, -0.1) is 0 Å². The van der Waals surface area contributed by atoms with Crippen molar-refractivity contribution in [2.75, 3.05) is 0 Å². The van der Waals surface area contributed by atoms with Gasteiger partial charge in [0, 0.05) is 19.5 Å². The highest BCUT2D eigenvalue weighted by molar-refractivity contribution is 5.95. The minimum Gasteiger partial charge on any atom is -0.293 e. The Morgan fingerprint density at radius 1 is 1.18 bits per heavy atom. The molecule has 0 amide bonds. The van der Waals surface area contributed by atoms with Crippen LogP contribution in [0.25, 0.3) is 11.4 Å². The van der Waals surface area contributed by atoms with Crippen LogP contribution in [0.5, 0.6) is 0 Å². The first-order valence-electron chi connectivity index (χ1n) is 6.64. The number of hydrogen-bond acceptors (Lipinski definition) is 3. The Balaban J connectivity index is 2.68. The molecule has 0 aromatic carbocycles. The molecule has 0 unspecified atom stereocenters. The number of rotatable bonds is 2. The molecular weight excluding hydrogens is 295 g/mol. The van der Waals surface area contributed by atoms with E-state index in [4.69, 9.17) is 0 Å². The predicted octanol–water partition coefficient (Wildman–Crippen LogP) is 3.63. The van der Waals surface area contributed by atoms with E-state index in [9.17, 15) is 18.0 Å². The summed E-state index contributed by atoms with van der Waals surface area (Å²) in [4.78, 5) is 15.7. The van der Waals surface area contributed by atoms with Gasteiger partial charge in [0.15, 0.2) is 5.78 Å². The Morgan fingerprint density at radius 3 is 2.23 bits per heavy atom. The van der Waals surface area contributed by atoms with E-state index in [0.29, 0.717) is 28.2 Å². The van der Waals surface area contributed by atoms with Gasteiger partial charge in [-0.05, 0) is 32.4 Å². The van der Waals surface area contributed by atoms with Crippen LogP contribution in [-0.2, 0) is 13.2 Å². The van der Waals surface area contributed by atoms with E-state index in [-0.39, 0.29) is 11.5 Å². The van der Waals surface area contributed by atoms with Gasteiger partial charge in [0.1, 0.15) is 11.4 Å². The van der Waals surface area contributed by atoms with E-state index in [1.165, 1.54) is 18.5 Å². The van der Waals surface area contributed by atoms with Crippen LogP contribution in [0.4, 0.5) is 13.2 Å². The molecule has 0 atom stereocenters. The second-order valence-corrected chi connectivity index (χ2v) is 5.29. The summed E-state index contributed by atoms with van der Waals surface area (Å²) in [5, 5.41) is 4.25. The molecule has 0 aliphatic carbocycles. The summed E-state index contributed by atoms with van der Waals surface area (Å²) in [5.74, 6) is -0.153. The molecule has 0 radical (unpaired) electrons. The van der Waals surface area contributed by atoms with Crippen LogP contribution in [0.3, 0.4) is 0 Å². The maximum absolute atomic E-state index is 12.9. The Bertz CT molecular complexity index is 760. The summed E-state index contributed by atoms with van der Waals surface area (Å²) in [6.45, 7) is 6.01. The van der Waals surface area contributed by atoms with Crippen molar-refractivity contribution in [1.82, 2.24) is 14.8 Å². The van der Waals surface area contributed by atoms with E-state index in [1.807, 2.05) is 0 Å². The number of ketones is 1. The molecule has 2 aromatic heterocycles. The van der Waals surface area contributed by atoms with Gasteiger partial charge in [-0.2, -0.15) is 18.3 Å². The molecule has 2 heterocycles. The van der Waals surface area contributed by atoms with Gasteiger partial charge < -0.3 is 0 Å². The van der Waals surface area contributed by atoms with Crippen molar-refractivity contribution < 1.29 is 18.0 Å². The van der Waals surface area contributed by atoms with Crippen LogP contribution in [0, 0.1) is 20.8 Å². The summed E-state index contributed by atoms with van der Waals surface area (Å²) in [7, 11) is 1.62. The van der Waals surface area contributed by atoms with Gasteiger partial charge in [0.05, 0.1) is 17.0 Å². The van der Waals surface area contributed by atoms with Crippen molar-refractivity contribution in [3.05, 3.63) is 34.1 Å². The van der Waals surface area contributed by atoms with Gasteiger partial charge in [-0.25, -0.2) is 0 Å². The quantitative estimate of drug-likeness (QED) is 0.796. The average Bonchev–Trinajstić information content (AvgIpc) is 2.65. The number of pyridine rings is 1. The van der Waals surface area contributed by atoms with Crippen molar-refractivity contribution in [3.8, 4) is 11.4 Å². The first kappa shape index (κ1) is 16.2. The van der Waals surface area contributed by atoms with E-state index in [0.717, 1.165) is 6.07 Å². The van der Waals surface area contributed by atoms with E-state index >= 15 is 0 Å². The zero-order valence-electron chi connectivity index (χ0n) is 13.0. The maximum Gasteiger partial charge on any atom is 0.418 e. The number of aryl methyl sites for hydroxylation is 3. The SMILES string of the molecule is CC(=O)c1c(C)c(-c2nc(C)c(C(F)(F)F)cc2C)nn1C. The first-order valence-corrected chi connectivity index (χ1v) is 6.64. The summed E-state index contributed by atoms with van der Waals surface area (Å²) in [5.41, 5.74) is 1.34. The zero-order chi connectivity index (χ0) is 16.8. The second kappa shape index (κ2) is 5.23. The van der Waals surface area contributed by atoms with Crippen molar-refractivity contribution in [1.29, 1.82) is 0 Å². The molecule has 0 saturated heterocycles. The Morgan fingerprint density at radius 2 is 1.77 bits per heavy atom. The lowest BCUT2D eigenvalue weighted by Gasteiger charge is -2.13. The highest BCUT2D eigenvalue weighted by Gasteiger charge is 2.34. The molecular formula is C15H16F3N3O. The van der Waals surface area contributed by atoms with E-state index in [2.05, 4.69) is 10.1 Å². The van der Waals surface area contributed by atoms with Crippen LogP contribution < -0.4 is 0 Å². The molecule has 0 aliphatic rings. The monoisotopic (exact) mass is 311 g/mol. The highest BCUT2D eigenvalue weighted by Crippen LogP contribution is 2.34. The van der Waals surface area contributed by atoms with Crippen molar-refractivity contribution in [3.63, 3.8) is 0 Å². The van der Waals surface area contributed by atoms with Crippen molar-refractivity contribution >= 4 is 5.78 Å². The standard InChI is InChI=1S/C15H16F3N3O/c1-7-6-11(15(16,17)18)9(3)19-12(7)13-8(2)14(10(4)22)21(5)20-13/h6H,1-5H3. The molecule has 2 rings (SSSR count). The minimum absolute atomic E-state index is 0.109. The lowest BCUT2D eigenvalue weighted by molar-refractivity contribution is -0.138. The number of hydrogen-bond donors (Lipinski definition) is 0. The molecule has 4 nitrogen and oxygen atoms in total. The fraction of sp³-hybridized carbons (Fsp3) is 0.400. The van der Waals surface area contributed by atoms with Gasteiger partial charge in [-0.3, -0.25) is 14.5 Å². The van der Waals surface area contributed by atoms with Crippen LogP contribution in [0.2, 0.25) is 0 Å². The van der Waals surface area contributed by atoms with Crippen molar-refractivity contribution in [2.45, 2.75) is 33.9 Å². The molecule has 0 spiro atoms. The molecule has 0 N–H and O–H groups in total. The largest absolute Gasteiger partial charge is 0.418 e. The molecule has 0 bridgehead atoms. The molecule has 0 aliphatic heterocycles. The number of nitrogens with zero attached hydrogens (tertiary/aromatic N) is 3. The van der Waals surface area contributed by atoms with Crippen LogP contribution >= 0.6 is 0 Å². The number of Topliss-reactive ketones (excluding diaryl/α,β-unsaturated/α-hetero) is 1. The summed E-state index contributed by atoms with van der Waals surface area (Å²) in [6.07, 6.45) is -4.44. The van der Waals surface area contributed by atoms with Crippen LogP contribution in [-0.4, -0.2) is 20.5 Å². The molecule has 22 heavy (non-hydrogen) atoms. The van der Waals surface area contributed by atoms with Crippen LogP contribution in [0.1, 0.15) is 39.8 Å². The number of carbonyl (C=O) groups excluding carboxylic acids is 1. The summed E-state index contributed by atoms with van der Waals surface area (Å²) < 4.78 is 40.2. The third-order valence-corrected chi connectivity index (χ3v) is 3.55. The predicted molar refractivity (Wildman–Crippen MR) is 75.7 cm³/mol. The molecule has 0 fully saturated rings. The number of aromatic nitrogens is 3. The van der Waals surface area contributed by atoms with Gasteiger partial charge in [-0.1, -0.05) is 0 Å². The Labute approximate surface area is 126 Å². The fourth-order valence-corrected chi connectivity index (χ4v) is 2.58. The zero-order valence-corrected chi connectivity index (χ0v) is 13.0. The summed E-state index contributed by atoms with van der Waals surface area (Å²) >= 11 is 0. The first-order chi connectivity index (χ1) is 10.0. The number of carbonyl (C=O) groups is 1. The Hall–Kier alpha value is -2.18. The van der Waals surface area contributed by atoms with Gasteiger partial charge in [0.2, 0.25) is 0 Å². The molecule has 0 saturated carbocycles. The van der Waals surface area contributed by atoms with Gasteiger partial charge >= 0.3 is 6.18 Å². The number of halogens is 3. The van der Waals surface area contributed by atoms with Gasteiger partial charge in [0.25, 0.3) is 0 Å². The molecule has 2 aromatic rings. The summed E-state index contributed by atoms with van der Waals surface area (Å²) in [6, 6.07) is 1.07. The Kier molecular flexibility index (Phi) is 3.85. The highest BCUT2D eigenvalue weighted by atomic mass is 19.4. The van der Waals surface area contributed by atoms with E-state index < -0.39 is 11.7 Å². The fourth-order valence-electron chi connectivity index (χ4n) is 2.58. The smallest absolute Gasteiger partial charge is 0.293 e. The number of alkyl halides is 3. The lowest BCUT2D eigenvalue weighted by atomic mass is 10.0.